The Balaban J connectivity index is 1.09. The second-order valence-corrected chi connectivity index (χ2v) is 14.7. The SMILES string of the molecule is C=C1COC(CCC(CC(C)C2CC3C2OC2CCC(CC(=O)CC4[C@H](C)C(C)C[C@@H]4OC)O[C@@H]2C3N)OCCC)C1. The number of Topliss-reactive ketones (excluding diaryl/α,β-unsaturated/α-hetero) is 1. The van der Waals surface area contributed by atoms with E-state index in [4.69, 9.17) is 29.4 Å². The normalized spacial score (nSPS) is 43.0. The van der Waals surface area contributed by atoms with Crippen molar-refractivity contribution in [3.63, 3.8) is 0 Å². The minimum Gasteiger partial charge on any atom is -0.381 e. The second kappa shape index (κ2) is 14.5. The van der Waals surface area contributed by atoms with Gasteiger partial charge in [-0.1, -0.05) is 34.3 Å². The van der Waals surface area contributed by atoms with E-state index in [1.807, 2.05) is 0 Å². The molecule has 0 aromatic carbocycles. The van der Waals surface area contributed by atoms with Gasteiger partial charge in [0, 0.05) is 38.5 Å². The summed E-state index contributed by atoms with van der Waals surface area (Å²) in [6.07, 6.45) is 11.0. The van der Waals surface area contributed by atoms with Crippen molar-refractivity contribution in [2.45, 2.75) is 147 Å². The average Bonchev–Trinajstić information content (AvgIpc) is 3.49. The first-order chi connectivity index (χ1) is 20.2. The van der Waals surface area contributed by atoms with Crippen LogP contribution in [0, 0.1) is 35.5 Å². The number of ether oxygens (including phenoxy) is 5. The Hall–Kier alpha value is -0.830. The van der Waals surface area contributed by atoms with E-state index >= 15 is 0 Å². The van der Waals surface area contributed by atoms with Crippen molar-refractivity contribution in [1.29, 1.82) is 0 Å². The molecule has 0 radical (unpaired) electrons. The van der Waals surface area contributed by atoms with Crippen molar-refractivity contribution in [3.05, 3.63) is 12.2 Å². The lowest BCUT2D eigenvalue weighted by Gasteiger charge is -2.58. The molecule has 11 unspecified atom stereocenters. The van der Waals surface area contributed by atoms with Crippen LogP contribution in [0.2, 0.25) is 0 Å². The summed E-state index contributed by atoms with van der Waals surface area (Å²) < 4.78 is 31.2. The predicted octanol–water partition coefficient (Wildman–Crippen LogP) is 5.87. The van der Waals surface area contributed by atoms with Gasteiger partial charge in [0.15, 0.2) is 0 Å². The fourth-order valence-electron chi connectivity index (χ4n) is 8.89. The standard InChI is InChI=1S/C35H59NO6/c1-7-12-39-26(9-8-25-13-20(2)19-40-25)14-22(4)28-18-30-33(36)35-31(42-34(28)30)11-10-27(41-35)16-24(37)17-29-23(5)21(3)15-32(29)38-6/h21-23,25-35H,2,7-19,36H2,1,3-6H3/t21?,22?,23-,25?,26?,27?,28?,29?,30?,31?,32+,33?,34?,35+/m1/s1. The molecule has 2 N–H and O–H groups in total. The lowest BCUT2D eigenvalue weighted by molar-refractivity contribution is -0.261. The van der Waals surface area contributed by atoms with Crippen molar-refractivity contribution < 1.29 is 28.5 Å². The number of rotatable bonds is 14. The van der Waals surface area contributed by atoms with Crippen LogP contribution >= 0.6 is 0 Å². The summed E-state index contributed by atoms with van der Waals surface area (Å²) in [6, 6.07) is -0.0246. The Morgan fingerprint density at radius 1 is 1.12 bits per heavy atom. The Morgan fingerprint density at radius 2 is 1.93 bits per heavy atom. The summed E-state index contributed by atoms with van der Waals surface area (Å²) in [5.41, 5.74) is 8.09. The number of hydrogen-bond acceptors (Lipinski definition) is 7. The smallest absolute Gasteiger partial charge is 0.135 e. The van der Waals surface area contributed by atoms with Gasteiger partial charge in [0.05, 0.1) is 49.3 Å². The molecule has 240 valence electrons. The topological polar surface area (TPSA) is 89.2 Å². The number of carbonyl (C=O) groups excluding carboxylic acids is 1. The van der Waals surface area contributed by atoms with E-state index in [0.717, 1.165) is 64.4 Å². The van der Waals surface area contributed by atoms with Crippen molar-refractivity contribution in [2.24, 2.45) is 41.2 Å². The van der Waals surface area contributed by atoms with Gasteiger partial charge in [0.1, 0.15) is 5.78 Å². The molecule has 5 aliphatic rings. The van der Waals surface area contributed by atoms with E-state index in [0.29, 0.717) is 66.8 Å². The Morgan fingerprint density at radius 3 is 2.64 bits per heavy atom. The van der Waals surface area contributed by atoms with Crippen LogP contribution in [0.5, 0.6) is 0 Å². The number of carbonyl (C=O) groups is 1. The average molecular weight is 590 g/mol. The Kier molecular flexibility index (Phi) is 11.2. The summed E-state index contributed by atoms with van der Waals surface area (Å²) in [5.74, 6) is 3.09. The highest BCUT2D eigenvalue weighted by Crippen LogP contribution is 2.50. The molecule has 3 saturated heterocycles. The minimum atomic E-state index is -0.104. The largest absolute Gasteiger partial charge is 0.381 e. The molecule has 3 heterocycles. The molecule has 0 amide bonds. The van der Waals surface area contributed by atoms with E-state index in [-0.39, 0.29) is 42.7 Å². The number of ketones is 1. The van der Waals surface area contributed by atoms with Crippen molar-refractivity contribution >= 4 is 5.78 Å². The van der Waals surface area contributed by atoms with Crippen LogP contribution in [-0.4, -0.2) is 74.9 Å². The molecular weight excluding hydrogens is 530 g/mol. The van der Waals surface area contributed by atoms with Crippen LogP contribution in [0.15, 0.2) is 12.2 Å². The number of methoxy groups -OCH3 is 1. The number of hydrogen-bond donors (Lipinski definition) is 1. The summed E-state index contributed by atoms with van der Waals surface area (Å²) in [5, 5.41) is 0. The zero-order valence-corrected chi connectivity index (χ0v) is 27.0. The van der Waals surface area contributed by atoms with Crippen LogP contribution in [0.4, 0.5) is 0 Å². The first kappa shape index (κ1) is 32.6. The van der Waals surface area contributed by atoms with Gasteiger partial charge in [-0.3, -0.25) is 4.79 Å². The first-order valence-corrected chi connectivity index (χ1v) is 17.2. The van der Waals surface area contributed by atoms with Crippen LogP contribution < -0.4 is 5.73 Å². The maximum Gasteiger partial charge on any atom is 0.135 e. The lowest BCUT2D eigenvalue weighted by Crippen LogP contribution is -2.68. The fourth-order valence-corrected chi connectivity index (χ4v) is 8.89. The molecule has 0 aromatic heterocycles. The van der Waals surface area contributed by atoms with Gasteiger partial charge in [-0.05, 0) is 93.0 Å². The van der Waals surface area contributed by atoms with Crippen molar-refractivity contribution in [1.82, 2.24) is 0 Å². The maximum absolute atomic E-state index is 13.1. The van der Waals surface area contributed by atoms with Gasteiger partial charge < -0.3 is 29.4 Å². The quantitative estimate of drug-likeness (QED) is 0.254. The van der Waals surface area contributed by atoms with Gasteiger partial charge in [-0.15, -0.1) is 0 Å². The minimum absolute atomic E-state index is 0.0246. The van der Waals surface area contributed by atoms with Crippen molar-refractivity contribution in [3.8, 4) is 0 Å². The molecule has 0 spiro atoms. The molecule has 0 bridgehead atoms. The van der Waals surface area contributed by atoms with E-state index < -0.39 is 0 Å². The van der Waals surface area contributed by atoms with Crippen LogP contribution in [-0.2, 0) is 28.5 Å². The molecule has 42 heavy (non-hydrogen) atoms. The van der Waals surface area contributed by atoms with E-state index in [1.165, 1.54) is 5.57 Å². The third-order valence-corrected chi connectivity index (χ3v) is 11.7. The maximum atomic E-state index is 13.1. The Labute approximate surface area is 254 Å². The molecule has 5 fully saturated rings. The lowest BCUT2D eigenvalue weighted by atomic mass is 9.60. The zero-order chi connectivity index (χ0) is 30.0. The third kappa shape index (κ3) is 7.34. The summed E-state index contributed by atoms with van der Waals surface area (Å²) >= 11 is 0. The summed E-state index contributed by atoms with van der Waals surface area (Å²) in [7, 11) is 1.78. The molecule has 7 heteroatoms. The van der Waals surface area contributed by atoms with Crippen LogP contribution in [0.25, 0.3) is 0 Å². The molecule has 7 nitrogen and oxygen atoms in total. The molecule has 2 aliphatic carbocycles. The molecular formula is C35H59NO6. The summed E-state index contributed by atoms with van der Waals surface area (Å²) in [4.78, 5) is 13.1. The third-order valence-electron chi connectivity index (χ3n) is 11.7. The van der Waals surface area contributed by atoms with E-state index in [9.17, 15) is 4.79 Å². The molecule has 0 aromatic rings. The number of nitrogens with two attached hydrogens (primary N) is 1. The van der Waals surface area contributed by atoms with Crippen LogP contribution in [0.3, 0.4) is 0 Å². The van der Waals surface area contributed by atoms with Crippen LogP contribution in [0.1, 0.15) is 98.3 Å². The zero-order valence-electron chi connectivity index (χ0n) is 27.0. The van der Waals surface area contributed by atoms with Gasteiger partial charge in [0.25, 0.3) is 0 Å². The van der Waals surface area contributed by atoms with Gasteiger partial charge >= 0.3 is 0 Å². The molecule has 2 saturated carbocycles. The highest BCUT2D eigenvalue weighted by molar-refractivity contribution is 5.79. The molecule has 14 atom stereocenters. The highest BCUT2D eigenvalue weighted by Gasteiger charge is 2.56. The van der Waals surface area contributed by atoms with E-state index in [1.54, 1.807) is 7.11 Å². The predicted molar refractivity (Wildman–Crippen MR) is 164 cm³/mol. The monoisotopic (exact) mass is 589 g/mol. The van der Waals surface area contributed by atoms with Gasteiger partial charge in [0.2, 0.25) is 0 Å². The molecule has 5 rings (SSSR count). The Bertz CT molecular complexity index is 910. The first-order valence-electron chi connectivity index (χ1n) is 17.2. The second-order valence-electron chi connectivity index (χ2n) is 14.7. The van der Waals surface area contributed by atoms with Gasteiger partial charge in [-0.2, -0.15) is 0 Å². The van der Waals surface area contributed by atoms with Gasteiger partial charge in [-0.25, -0.2) is 0 Å². The fraction of sp³-hybridized carbons (Fsp3) is 0.914. The van der Waals surface area contributed by atoms with Crippen molar-refractivity contribution in [2.75, 3.05) is 20.3 Å². The van der Waals surface area contributed by atoms with E-state index in [2.05, 4.69) is 34.3 Å². The molecule has 3 aliphatic heterocycles. The number of fused-ring (bicyclic) bond motifs is 2. The summed E-state index contributed by atoms with van der Waals surface area (Å²) in [6.45, 7) is 14.7. The highest BCUT2D eigenvalue weighted by atomic mass is 16.6.